The summed E-state index contributed by atoms with van der Waals surface area (Å²) in [5, 5.41) is 13.9. The first-order valence-corrected chi connectivity index (χ1v) is 6.84. The van der Waals surface area contributed by atoms with E-state index >= 15 is 0 Å². The van der Waals surface area contributed by atoms with Crippen molar-refractivity contribution in [1.82, 2.24) is 5.32 Å². The number of benzene rings is 1. The van der Waals surface area contributed by atoms with E-state index in [0.717, 1.165) is 24.8 Å². The number of aryl methyl sites for hydroxylation is 1. The summed E-state index contributed by atoms with van der Waals surface area (Å²) in [6.45, 7) is 6.17. The third-order valence-electron chi connectivity index (χ3n) is 3.90. The highest BCUT2D eigenvalue weighted by molar-refractivity contribution is 5.98. The van der Waals surface area contributed by atoms with Crippen molar-refractivity contribution < 1.29 is 9.72 Å². The van der Waals surface area contributed by atoms with Crippen LogP contribution in [-0.4, -0.2) is 16.9 Å². The molecular formula is C15H20N2O3. The van der Waals surface area contributed by atoms with E-state index < -0.39 is 4.92 Å². The van der Waals surface area contributed by atoms with Gasteiger partial charge in [0.1, 0.15) is 5.56 Å². The summed E-state index contributed by atoms with van der Waals surface area (Å²) in [6, 6.07) is 4.72. The van der Waals surface area contributed by atoms with E-state index in [1.54, 1.807) is 12.1 Å². The lowest BCUT2D eigenvalue weighted by atomic mass is 9.92. The molecule has 20 heavy (non-hydrogen) atoms. The monoisotopic (exact) mass is 276 g/mol. The first-order valence-electron chi connectivity index (χ1n) is 6.84. The average molecular weight is 276 g/mol. The van der Waals surface area contributed by atoms with Gasteiger partial charge in [-0.15, -0.1) is 0 Å². The van der Waals surface area contributed by atoms with Crippen LogP contribution in [0.1, 0.15) is 49.0 Å². The molecule has 0 bridgehead atoms. The van der Waals surface area contributed by atoms with Gasteiger partial charge >= 0.3 is 0 Å². The van der Waals surface area contributed by atoms with Gasteiger partial charge in [-0.1, -0.05) is 19.9 Å². The highest BCUT2D eigenvalue weighted by Gasteiger charge is 2.32. The first-order chi connectivity index (χ1) is 9.28. The Morgan fingerprint density at radius 2 is 2.15 bits per heavy atom. The van der Waals surface area contributed by atoms with Crippen molar-refractivity contribution in [3.63, 3.8) is 0 Å². The minimum atomic E-state index is -0.507. The van der Waals surface area contributed by atoms with Crippen LogP contribution in [0.5, 0.6) is 0 Å². The average Bonchev–Trinajstić information content (AvgIpc) is 2.68. The van der Waals surface area contributed by atoms with Crippen molar-refractivity contribution in [2.75, 3.05) is 0 Å². The SMILES string of the molecule is Cc1ccc([N+](=O)[O-])c(C(=O)NC2CCC(C)(C)C2)c1. The zero-order valence-corrected chi connectivity index (χ0v) is 12.1. The molecule has 2 rings (SSSR count). The van der Waals surface area contributed by atoms with Crippen LogP contribution >= 0.6 is 0 Å². The number of amides is 1. The topological polar surface area (TPSA) is 72.2 Å². The van der Waals surface area contributed by atoms with Gasteiger partial charge < -0.3 is 5.32 Å². The molecule has 0 spiro atoms. The maximum absolute atomic E-state index is 12.3. The molecule has 0 radical (unpaired) electrons. The third kappa shape index (κ3) is 3.15. The third-order valence-corrected chi connectivity index (χ3v) is 3.90. The lowest BCUT2D eigenvalue weighted by Crippen LogP contribution is -2.33. The maximum atomic E-state index is 12.3. The Morgan fingerprint density at radius 1 is 1.45 bits per heavy atom. The van der Waals surface area contributed by atoms with E-state index in [1.165, 1.54) is 6.07 Å². The standard InChI is InChI=1S/C15H20N2O3/c1-10-4-5-13(17(19)20)12(8-10)14(18)16-11-6-7-15(2,3)9-11/h4-5,8,11H,6-7,9H2,1-3H3,(H,16,18). The zero-order chi connectivity index (χ0) is 14.9. The molecule has 1 atom stereocenters. The van der Waals surface area contributed by atoms with Gasteiger partial charge in [-0.2, -0.15) is 0 Å². The Bertz CT molecular complexity index is 552. The van der Waals surface area contributed by atoms with Gasteiger partial charge in [0.15, 0.2) is 0 Å². The molecule has 1 aromatic rings. The van der Waals surface area contributed by atoms with Gasteiger partial charge in [0.05, 0.1) is 4.92 Å². The summed E-state index contributed by atoms with van der Waals surface area (Å²) in [7, 11) is 0. The maximum Gasteiger partial charge on any atom is 0.282 e. The highest BCUT2D eigenvalue weighted by atomic mass is 16.6. The molecule has 5 nitrogen and oxygen atoms in total. The largest absolute Gasteiger partial charge is 0.349 e. The molecule has 0 heterocycles. The lowest BCUT2D eigenvalue weighted by molar-refractivity contribution is -0.385. The number of nitrogens with one attached hydrogen (secondary N) is 1. The summed E-state index contributed by atoms with van der Waals surface area (Å²) in [5.74, 6) is -0.344. The van der Waals surface area contributed by atoms with E-state index in [0.29, 0.717) is 0 Å². The Labute approximate surface area is 118 Å². The van der Waals surface area contributed by atoms with Crippen molar-refractivity contribution in [2.45, 2.75) is 46.1 Å². The molecule has 1 aromatic carbocycles. The lowest BCUT2D eigenvalue weighted by Gasteiger charge is -2.18. The van der Waals surface area contributed by atoms with E-state index in [-0.39, 0.29) is 28.6 Å². The molecule has 0 aliphatic heterocycles. The van der Waals surface area contributed by atoms with Gasteiger partial charge in [-0.05, 0) is 43.2 Å². The Hall–Kier alpha value is -1.91. The molecule has 1 aliphatic rings. The predicted molar refractivity (Wildman–Crippen MR) is 76.7 cm³/mol. The fourth-order valence-electron chi connectivity index (χ4n) is 2.81. The Kier molecular flexibility index (Phi) is 3.79. The molecule has 1 saturated carbocycles. The minimum absolute atomic E-state index is 0.109. The second-order valence-corrected chi connectivity index (χ2v) is 6.36. The van der Waals surface area contributed by atoms with Crippen LogP contribution in [0.3, 0.4) is 0 Å². The fraction of sp³-hybridized carbons (Fsp3) is 0.533. The molecule has 1 unspecified atom stereocenters. The van der Waals surface area contributed by atoms with Gasteiger partial charge in [0, 0.05) is 12.1 Å². The Morgan fingerprint density at radius 3 is 2.70 bits per heavy atom. The summed E-state index contributed by atoms with van der Waals surface area (Å²) in [4.78, 5) is 22.8. The molecule has 1 N–H and O–H groups in total. The molecule has 0 saturated heterocycles. The van der Waals surface area contributed by atoms with Crippen molar-refractivity contribution in [3.05, 3.63) is 39.4 Å². The van der Waals surface area contributed by atoms with Gasteiger partial charge in [-0.3, -0.25) is 14.9 Å². The van der Waals surface area contributed by atoms with Crippen LogP contribution in [0, 0.1) is 22.5 Å². The molecular weight excluding hydrogens is 256 g/mol. The number of carbonyl (C=O) groups is 1. The number of rotatable bonds is 3. The van der Waals surface area contributed by atoms with E-state index in [4.69, 9.17) is 0 Å². The van der Waals surface area contributed by atoms with Crippen LogP contribution in [0.2, 0.25) is 0 Å². The second kappa shape index (κ2) is 5.23. The predicted octanol–water partition coefficient (Wildman–Crippen LogP) is 3.21. The number of nitrogens with zero attached hydrogens (tertiary/aromatic N) is 1. The molecule has 0 aromatic heterocycles. The summed E-state index contributed by atoms with van der Waals surface area (Å²) >= 11 is 0. The summed E-state index contributed by atoms with van der Waals surface area (Å²) in [5.41, 5.74) is 1.09. The molecule has 1 aliphatic carbocycles. The van der Waals surface area contributed by atoms with Crippen LogP contribution in [0.4, 0.5) is 5.69 Å². The van der Waals surface area contributed by atoms with Crippen LogP contribution in [-0.2, 0) is 0 Å². The van der Waals surface area contributed by atoms with Crippen molar-refractivity contribution in [2.24, 2.45) is 5.41 Å². The van der Waals surface area contributed by atoms with Crippen LogP contribution in [0.25, 0.3) is 0 Å². The zero-order valence-electron chi connectivity index (χ0n) is 12.1. The smallest absolute Gasteiger partial charge is 0.282 e. The Balaban J connectivity index is 2.17. The van der Waals surface area contributed by atoms with Crippen LogP contribution in [0.15, 0.2) is 18.2 Å². The first kappa shape index (κ1) is 14.5. The van der Waals surface area contributed by atoms with Crippen molar-refractivity contribution >= 4 is 11.6 Å². The quantitative estimate of drug-likeness (QED) is 0.680. The summed E-state index contributed by atoms with van der Waals surface area (Å²) < 4.78 is 0. The van der Waals surface area contributed by atoms with Crippen molar-refractivity contribution in [3.8, 4) is 0 Å². The number of carbonyl (C=O) groups excluding carboxylic acids is 1. The molecule has 108 valence electrons. The van der Waals surface area contributed by atoms with E-state index in [1.807, 2.05) is 6.92 Å². The molecule has 1 fully saturated rings. The van der Waals surface area contributed by atoms with Gasteiger partial charge in [0.25, 0.3) is 11.6 Å². The second-order valence-electron chi connectivity index (χ2n) is 6.36. The minimum Gasteiger partial charge on any atom is -0.349 e. The number of hydrogen-bond acceptors (Lipinski definition) is 3. The number of nitro groups is 1. The molecule has 5 heteroatoms. The number of hydrogen-bond donors (Lipinski definition) is 1. The van der Waals surface area contributed by atoms with Crippen molar-refractivity contribution in [1.29, 1.82) is 0 Å². The molecule has 1 amide bonds. The number of nitro benzene ring substituents is 1. The highest BCUT2D eigenvalue weighted by Crippen LogP contribution is 2.37. The normalized spacial score (nSPS) is 20.6. The van der Waals surface area contributed by atoms with E-state index in [2.05, 4.69) is 19.2 Å². The van der Waals surface area contributed by atoms with Gasteiger partial charge in [0.2, 0.25) is 0 Å². The summed E-state index contributed by atoms with van der Waals surface area (Å²) in [6.07, 6.45) is 2.91. The van der Waals surface area contributed by atoms with E-state index in [9.17, 15) is 14.9 Å². The fourth-order valence-corrected chi connectivity index (χ4v) is 2.81. The van der Waals surface area contributed by atoms with Gasteiger partial charge in [-0.25, -0.2) is 0 Å². The van der Waals surface area contributed by atoms with Crippen LogP contribution < -0.4 is 5.32 Å².